The van der Waals surface area contributed by atoms with E-state index < -0.39 is 11.7 Å². The van der Waals surface area contributed by atoms with Crippen LogP contribution in [0.1, 0.15) is 38.3 Å². The number of hydrogen-bond donors (Lipinski definition) is 1. The van der Waals surface area contributed by atoms with Crippen LogP contribution >= 0.6 is 11.8 Å². The van der Waals surface area contributed by atoms with Crippen molar-refractivity contribution in [1.82, 2.24) is 0 Å². The number of hydrogen-bond acceptors (Lipinski definition) is 3. The molecular formula is C17H24F3NOS. The van der Waals surface area contributed by atoms with Crippen molar-refractivity contribution < 1.29 is 18.3 Å². The summed E-state index contributed by atoms with van der Waals surface area (Å²) in [6, 6.07) is 5.01. The number of nitrogens with zero attached hydrogens (tertiary/aromatic N) is 1. The predicted molar refractivity (Wildman–Crippen MR) is 92.9 cm³/mol. The van der Waals surface area contributed by atoms with Gasteiger partial charge in [-0.25, -0.2) is 4.99 Å². The van der Waals surface area contributed by atoms with Crippen LogP contribution in [0.15, 0.2) is 41.5 Å². The van der Waals surface area contributed by atoms with E-state index in [1.807, 2.05) is 27.0 Å². The minimum absolute atomic E-state index is 0.205. The van der Waals surface area contributed by atoms with Crippen molar-refractivity contribution in [3.05, 3.63) is 47.7 Å². The van der Waals surface area contributed by atoms with E-state index in [4.69, 9.17) is 5.11 Å². The van der Waals surface area contributed by atoms with Gasteiger partial charge >= 0.3 is 6.18 Å². The van der Waals surface area contributed by atoms with Gasteiger partial charge in [-0.05, 0) is 30.7 Å². The van der Waals surface area contributed by atoms with Gasteiger partial charge in [0.1, 0.15) is 5.04 Å². The molecule has 0 saturated carbocycles. The molecule has 0 aromatic heterocycles. The summed E-state index contributed by atoms with van der Waals surface area (Å²) < 4.78 is 37.4. The van der Waals surface area contributed by atoms with E-state index in [1.54, 1.807) is 0 Å². The molecule has 1 N–H and O–H groups in total. The topological polar surface area (TPSA) is 32.6 Å². The molecule has 0 radical (unpaired) electrons. The zero-order chi connectivity index (χ0) is 18.0. The Morgan fingerprint density at radius 1 is 1.26 bits per heavy atom. The minimum Gasteiger partial charge on any atom is -0.396 e. The van der Waals surface area contributed by atoms with E-state index in [0.29, 0.717) is 22.9 Å². The summed E-state index contributed by atoms with van der Waals surface area (Å²) >= 11 is 1.39. The fourth-order valence-electron chi connectivity index (χ4n) is 1.29. The average molecular weight is 347 g/mol. The van der Waals surface area contributed by atoms with Crippen molar-refractivity contribution in [3.8, 4) is 0 Å². The highest BCUT2D eigenvalue weighted by Crippen LogP contribution is 2.29. The van der Waals surface area contributed by atoms with Gasteiger partial charge in [-0.2, -0.15) is 13.2 Å². The molecule has 0 aliphatic heterocycles. The van der Waals surface area contributed by atoms with Crippen LogP contribution < -0.4 is 0 Å². The lowest BCUT2D eigenvalue weighted by atomic mass is 10.1. The Kier molecular flexibility index (Phi) is 9.91. The van der Waals surface area contributed by atoms with Crippen molar-refractivity contribution in [2.45, 2.75) is 33.4 Å². The summed E-state index contributed by atoms with van der Waals surface area (Å²) in [7, 11) is 0. The number of aliphatic imine (C=N–C) groups is 1. The third-order valence-electron chi connectivity index (χ3n) is 2.79. The van der Waals surface area contributed by atoms with Crippen molar-refractivity contribution in [1.29, 1.82) is 0 Å². The number of halogens is 3. The predicted octanol–water partition coefficient (Wildman–Crippen LogP) is 5.37. The highest BCUT2D eigenvalue weighted by Gasteiger charge is 2.30. The molecule has 0 saturated heterocycles. The molecule has 1 rings (SSSR count). The molecule has 6 heteroatoms. The lowest BCUT2D eigenvalue weighted by Gasteiger charge is -2.10. The molecule has 0 aliphatic carbocycles. The standard InChI is InChI=1S/C14H16F3NS.C3H8O/c1-9(2)10(3)18-13(19-4)11-5-7-12(8-6-11)14(15,16)17;1-2-3-4/h5-9H,3H2,1-2,4H3;4H,2-3H2,1H3. The maximum absolute atomic E-state index is 12.5. The fraction of sp³-hybridized carbons (Fsp3) is 0.471. The van der Waals surface area contributed by atoms with Crippen LogP contribution in [0.4, 0.5) is 13.2 Å². The molecule has 0 atom stereocenters. The fourth-order valence-corrected chi connectivity index (χ4v) is 1.87. The lowest BCUT2D eigenvalue weighted by Crippen LogP contribution is -2.05. The summed E-state index contributed by atoms with van der Waals surface area (Å²) in [6.45, 7) is 10.0. The van der Waals surface area contributed by atoms with Crippen molar-refractivity contribution in [2.75, 3.05) is 12.9 Å². The van der Waals surface area contributed by atoms with Gasteiger partial charge in [0.05, 0.1) is 5.56 Å². The zero-order valence-corrected chi connectivity index (χ0v) is 14.8. The third-order valence-corrected chi connectivity index (χ3v) is 3.50. The number of rotatable bonds is 4. The molecule has 0 unspecified atom stereocenters. The molecule has 23 heavy (non-hydrogen) atoms. The first kappa shape index (κ1) is 21.7. The van der Waals surface area contributed by atoms with Gasteiger partial charge in [-0.15, -0.1) is 11.8 Å². The molecule has 0 spiro atoms. The lowest BCUT2D eigenvalue weighted by molar-refractivity contribution is -0.137. The monoisotopic (exact) mass is 347 g/mol. The zero-order valence-electron chi connectivity index (χ0n) is 13.9. The highest BCUT2D eigenvalue weighted by atomic mass is 32.2. The minimum atomic E-state index is -4.31. The Bertz CT molecular complexity index is 506. The van der Waals surface area contributed by atoms with Crippen LogP contribution in [0, 0.1) is 5.92 Å². The largest absolute Gasteiger partial charge is 0.416 e. The molecule has 0 amide bonds. The number of allylic oxidation sites excluding steroid dienone is 1. The molecular weight excluding hydrogens is 323 g/mol. The van der Waals surface area contributed by atoms with Crippen LogP contribution in [-0.2, 0) is 6.18 Å². The quantitative estimate of drug-likeness (QED) is 0.586. The normalized spacial score (nSPS) is 12.0. The Labute approximate surface area is 140 Å². The molecule has 130 valence electrons. The smallest absolute Gasteiger partial charge is 0.396 e. The van der Waals surface area contributed by atoms with E-state index >= 15 is 0 Å². The van der Waals surface area contributed by atoms with Gasteiger partial charge < -0.3 is 5.11 Å². The second kappa shape index (κ2) is 10.5. The molecule has 0 fully saturated rings. The maximum atomic E-state index is 12.5. The first-order valence-electron chi connectivity index (χ1n) is 7.27. The molecule has 0 aliphatic rings. The summed E-state index contributed by atoms with van der Waals surface area (Å²) in [5.74, 6) is 0.205. The summed E-state index contributed by atoms with van der Waals surface area (Å²) in [6.07, 6.45) is -1.60. The van der Waals surface area contributed by atoms with Crippen LogP contribution in [-0.4, -0.2) is 23.0 Å². The second-order valence-electron chi connectivity index (χ2n) is 5.07. The summed E-state index contributed by atoms with van der Waals surface area (Å²) in [4.78, 5) is 4.36. The number of aliphatic hydroxyl groups excluding tert-OH is 1. The Balaban J connectivity index is 0.00000108. The SMILES string of the molecule is C=C(N=C(SC)c1ccc(C(F)(F)F)cc1)C(C)C.CCCO. The van der Waals surface area contributed by atoms with Gasteiger partial charge in [0.25, 0.3) is 0 Å². The van der Waals surface area contributed by atoms with Crippen LogP contribution in [0.2, 0.25) is 0 Å². The van der Waals surface area contributed by atoms with Crippen LogP contribution in [0.3, 0.4) is 0 Å². The number of alkyl halides is 3. The van der Waals surface area contributed by atoms with Gasteiger partial charge in [0.15, 0.2) is 0 Å². The van der Waals surface area contributed by atoms with Crippen LogP contribution in [0.25, 0.3) is 0 Å². The Hall–Kier alpha value is -1.27. The van der Waals surface area contributed by atoms with Crippen molar-refractivity contribution >= 4 is 16.8 Å². The summed E-state index contributed by atoms with van der Waals surface area (Å²) in [5.41, 5.74) is 0.728. The van der Waals surface area contributed by atoms with Crippen molar-refractivity contribution in [2.24, 2.45) is 10.9 Å². The maximum Gasteiger partial charge on any atom is 0.416 e. The van der Waals surface area contributed by atoms with E-state index in [-0.39, 0.29) is 5.92 Å². The van der Waals surface area contributed by atoms with E-state index in [1.165, 1.54) is 23.9 Å². The number of aliphatic hydroxyl groups is 1. The summed E-state index contributed by atoms with van der Waals surface area (Å²) in [5, 5.41) is 8.55. The van der Waals surface area contributed by atoms with E-state index in [2.05, 4.69) is 11.6 Å². The first-order valence-corrected chi connectivity index (χ1v) is 8.49. The van der Waals surface area contributed by atoms with Gasteiger partial charge in [0, 0.05) is 17.9 Å². The number of benzene rings is 1. The van der Waals surface area contributed by atoms with Gasteiger partial charge in [-0.1, -0.05) is 39.5 Å². The second-order valence-corrected chi connectivity index (χ2v) is 5.86. The van der Waals surface area contributed by atoms with Gasteiger partial charge in [-0.3, -0.25) is 0 Å². The molecule has 0 heterocycles. The van der Waals surface area contributed by atoms with E-state index in [0.717, 1.165) is 18.6 Å². The van der Waals surface area contributed by atoms with E-state index in [9.17, 15) is 13.2 Å². The average Bonchev–Trinajstić information content (AvgIpc) is 2.51. The molecule has 2 nitrogen and oxygen atoms in total. The molecule has 1 aromatic carbocycles. The Morgan fingerprint density at radius 2 is 1.74 bits per heavy atom. The number of thioether (sulfide) groups is 1. The molecule has 1 aromatic rings. The Morgan fingerprint density at radius 3 is 2.04 bits per heavy atom. The van der Waals surface area contributed by atoms with Crippen LogP contribution in [0.5, 0.6) is 0 Å². The van der Waals surface area contributed by atoms with Gasteiger partial charge in [0.2, 0.25) is 0 Å². The third kappa shape index (κ3) is 8.23. The highest BCUT2D eigenvalue weighted by molar-refractivity contribution is 8.13. The van der Waals surface area contributed by atoms with Crippen molar-refractivity contribution in [3.63, 3.8) is 0 Å². The molecule has 0 bridgehead atoms. The first-order chi connectivity index (χ1) is 10.7.